The first kappa shape index (κ1) is 14.2. The molecule has 0 saturated carbocycles. The molecule has 0 radical (unpaired) electrons. The van der Waals surface area contributed by atoms with Crippen LogP contribution in [0.4, 0.5) is 0 Å². The third-order valence-electron chi connectivity index (χ3n) is 5.24. The molecule has 0 aliphatic heterocycles. The molecule has 1 unspecified atom stereocenters. The van der Waals surface area contributed by atoms with Gasteiger partial charge in [0.25, 0.3) is 0 Å². The van der Waals surface area contributed by atoms with Crippen molar-refractivity contribution in [3.63, 3.8) is 0 Å². The molecule has 120 valence electrons. The lowest BCUT2D eigenvalue weighted by molar-refractivity contribution is -0.141. The number of benzene rings is 4. The van der Waals surface area contributed by atoms with Crippen LogP contribution in [0.15, 0.2) is 72.8 Å². The molecule has 0 bridgehead atoms. The maximum Gasteiger partial charge on any atom is 0.317 e. The molecule has 0 N–H and O–H groups in total. The Labute approximate surface area is 145 Å². The molecule has 1 aliphatic carbocycles. The van der Waals surface area contributed by atoms with Gasteiger partial charge in [-0.3, -0.25) is 4.79 Å². The van der Waals surface area contributed by atoms with Gasteiger partial charge in [-0.15, -0.1) is 0 Å². The van der Waals surface area contributed by atoms with E-state index in [4.69, 9.17) is 4.74 Å². The van der Waals surface area contributed by atoms with E-state index < -0.39 is 0 Å². The van der Waals surface area contributed by atoms with Crippen LogP contribution in [0.3, 0.4) is 0 Å². The Morgan fingerprint density at radius 1 is 0.760 bits per heavy atom. The van der Waals surface area contributed by atoms with E-state index >= 15 is 0 Å². The number of ether oxygens (including phenoxy) is 1. The van der Waals surface area contributed by atoms with Gasteiger partial charge in [-0.25, -0.2) is 0 Å². The summed E-state index contributed by atoms with van der Waals surface area (Å²) in [4.78, 5) is 12.7. The van der Waals surface area contributed by atoms with Gasteiger partial charge in [-0.2, -0.15) is 0 Å². The van der Waals surface area contributed by atoms with E-state index in [0.717, 1.165) is 22.1 Å². The van der Waals surface area contributed by atoms with Crippen LogP contribution in [0, 0.1) is 0 Å². The molecule has 0 aromatic heterocycles. The van der Waals surface area contributed by atoms with Gasteiger partial charge in [0.05, 0.1) is 7.11 Å². The van der Waals surface area contributed by atoms with Crippen LogP contribution >= 0.6 is 0 Å². The van der Waals surface area contributed by atoms with E-state index in [1.807, 2.05) is 24.3 Å². The fourth-order valence-electron chi connectivity index (χ4n) is 4.25. The smallest absolute Gasteiger partial charge is 0.317 e. The van der Waals surface area contributed by atoms with Crippen molar-refractivity contribution in [1.82, 2.24) is 0 Å². The number of methoxy groups -OCH3 is 1. The summed E-state index contributed by atoms with van der Waals surface area (Å²) in [5, 5.41) is 4.72. The Morgan fingerprint density at radius 2 is 1.32 bits per heavy atom. The minimum atomic E-state index is -0.370. The summed E-state index contributed by atoms with van der Waals surface area (Å²) in [6, 6.07) is 25.0. The number of carbonyl (C=O) groups excluding carboxylic acids is 1. The average molecular weight is 324 g/mol. The van der Waals surface area contributed by atoms with Crippen molar-refractivity contribution < 1.29 is 9.53 Å². The normalized spacial score (nSPS) is 15.2. The summed E-state index contributed by atoms with van der Waals surface area (Å²) in [6.07, 6.45) is 0. The van der Waals surface area contributed by atoms with Crippen LogP contribution in [0.25, 0.3) is 32.7 Å². The van der Waals surface area contributed by atoms with E-state index in [1.54, 1.807) is 0 Å². The molecule has 0 spiro atoms. The van der Waals surface area contributed by atoms with Gasteiger partial charge in [0.2, 0.25) is 0 Å². The number of fused-ring (bicyclic) bond motifs is 8. The van der Waals surface area contributed by atoms with Crippen molar-refractivity contribution in [3.05, 3.63) is 83.9 Å². The van der Waals surface area contributed by atoms with E-state index in [2.05, 4.69) is 48.5 Å². The summed E-state index contributed by atoms with van der Waals surface area (Å²) in [5.41, 5.74) is 4.41. The van der Waals surface area contributed by atoms with Gasteiger partial charge in [0, 0.05) is 0 Å². The topological polar surface area (TPSA) is 26.3 Å². The molecular weight excluding hydrogens is 308 g/mol. The molecule has 0 saturated heterocycles. The maximum absolute atomic E-state index is 12.7. The van der Waals surface area contributed by atoms with Crippen molar-refractivity contribution in [3.8, 4) is 11.1 Å². The quantitative estimate of drug-likeness (QED) is 0.352. The van der Waals surface area contributed by atoms with E-state index in [-0.39, 0.29) is 11.9 Å². The lowest BCUT2D eigenvalue weighted by Crippen LogP contribution is -2.13. The predicted octanol–water partition coefficient (Wildman–Crippen LogP) is 5.28. The summed E-state index contributed by atoms with van der Waals surface area (Å²) in [6.45, 7) is 0. The standard InChI is InChI=1S/C23H16O2/c1-25-23(24)22-19-13-7-6-12-18(19)20-16-10-4-2-8-14(16)15-9-3-5-11-17(15)21(20)22/h2-13,22H,1H3. The van der Waals surface area contributed by atoms with E-state index in [9.17, 15) is 4.79 Å². The number of hydrogen-bond acceptors (Lipinski definition) is 2. The highest BCUT2D eigenvalue weighted by molar-refractivity contribution is 6.19. The lowest BCUT2D eigenvalue weighted by atomic mass is 9.88. The monoisotopic (exact) mass is 324 g/mol. The van der Waals surface area contributed by atoms with Crippen LogP contribution in [0.5, 0.6) is 0 Å². The van der Waals surface area contributed by atoms with Crippen LogP contribution in [0.1, 0.15) is 17.0 Å². The van der Waals surface area contributed by atoms with Crippen molar-refractivity contribution in [2.24, 2.45) is 0 Å². The molecule has 4 aromatic carbocycles. The van der Waals surface area contributed by atoms with Crippen LogP contribution in [-0.4, -0.2) is 13.1 Å². The zero-order valence-corrected chi connectivity index (χ0v) is 13.8. The highest BCUT2D eigenvalue weighted by atomic mass is 16.5. The Morgan fingerprint density at radius 3 is 2.04 bits per heavy atom. The van der Waals surface area contributed by atoms with Crippen molar-refractivity contribution in [1.29, 1.82) is 0 Å². The first-order chi connectivity index (χ1) is 12.3. The first-order valence-corrected chi connectivity index (χ1v) is 8.41. The number of esters is 1. The minimum Gasteiger partial charge on any atom is -0.468 e. The second-order valence-electron chi connectivity index (χ2n) is 6.42. The molecule has 1 aliphatic rings. The van der Waals surface area contributed by atoms with Crippen LogP contribution < -0.4 is 0 Å². The molecule has 0 amide bonds. The average Bonchev–Trinajstić information content (AvgIpc) is 3.03. The zero-order valence-electron chi connectivity index (χ0n) is 13.8. The SMILES string of the molecule is COC(=O)C1c2ccccc2-c2c1c1ccccc1c1ccccc21. The predicted molar refractivity (Wildman–Crippen MR) is 101 cm³/mol. The second kappa shape index (κ2) is 5.18. The zero-order chi connectivity index (χ0) is 17.0. The molecule has 2 nitrogen and oxygen atoms in total. The number of carbonyl (C=O) groups is 1. The Hall–Kier alpha value is -3.13. The fourth-order valence-corrected chi connectivity index (χ4v) is 4.25. The molecule has 0 fully saturated rings. The minimum absolute atomic E-state index is 0.202. The molecular formula is C23H16O2. The van der Waals surface area contributed by atoms with Gasteiger partial charge in [0.15, 0.2) is 0 Å². The van der Waals surface area contributed by atoms with Gasteiger partial charge in [0.1, 0.15) is 5.92 Å². The molecule has 25 heavy (non-hydrogen) atoms. The van der Waals surface area contributed by atoms with Crippen molar-refractivity contribution in [2.45, 2.75) is 5.92 Å². The molecule has 1 atom stereocenters. The maximum atomic E-state index is 12.7. The summed E-state index contributed by atoms with van der Waals surface area (Å²) in [5.74, 6) is -0.572. The second-order valence-corrected chi connectivity index (χ2v) is 6.42. The summed E-state index contributed by atoms with van der Waals surface area (Å²) >= 11 is 0. The van der Waals surface area contributed by atoms with Gasteiger partial charge in [-0.05, 0) is 43.8 Å². The third-order valence-corrected chi connectivity index (χ3v) is 5.24. The van der Waals surface area contributed by atoms with E-state index in [1.165, 1.54) is 28.8 Å². The van der Waals surface area contributed by atoms with Crippen LogP contribution in [-0.2, 0) is 9.53 Å². The molecule has 0 heterocycles. The number of hydrogen-bond donors (Lipinski definition) is 0. The summed E-state index contributed by atoms with van der Waals surface area (Å²) < 4.78 is 5.17. The third kappa shape index (κ3) is 1.82. The number of rotatable bonds is 1. The largest absolute Gasteiger partial charge is 0.468 e. The Kier molecular flexibility index (Phi) is 2.95. The Balaban J connectivity index is 2.05. The van der Waals surface area contributed by atoms with Gasteiger partial charge >= 0.3 is 5.97 Å². The molecule has 2 heteroatoms. The fraction of sp³-hybridized carbons (Fsp3) is 0.0870. The van der Waals surface area contributed by atoms with Gasteiger partial charge < -0.3 is 4.74 Å². The van der Waals surface area contributed by atoms with Crippen molar-refractivity contribution >= 4 is 27.5 Å². The Bertz CT molecular complexity index is 1160. The molecule has 5 rings (SSSR count). The van der Waals surface area contributed by atoms with Crippen molar-refractivity contribution in [2.75, 3.05) is 7.11 Å². The first-order valence-electron chi connectivity index (χ1n) is 8.41. The van der Waals surface area contributed by atoms with Gasteiger partial charge in [-0.1, -0.05) is 72.8 Å². The highest BCUT2D eigenvalue weighted by Crippen LogP contribution is 2.51. The lowest BCUT2D eigenvalue weighted by Gasteiger charge is -2.15. The molecule has 4 aromatic rings. The highest BCUT2D eigenvalue weighted by Gasteiger charge is 2.37. The van der Waals surface area contributed by atoms with Crippen LogP contribution in [0.2, 0.25) is 0 Å². The van der Waals surface area contributed by atoms with E-state index in [0.29, 0.717) is 0 Å². The summed E-state index contributed by atoms with van der Waals surface area (Å²) in [7, 11) is 1.46.